The normalized spacial score (nSPS) is 21.6. The van der Waals surface area contributed by atoms with Gasteiger partial charge in [0.2, 0.25) is 5.91 Å². The zero-order valence-electron chi connectivity index (χ0n) is 9.55. The van der Waals surface area contributed by atoms with Crippen molar-refractivity contribution in [3.63, 3.8) is 0 Å². The van der Waals surface area contributed by atoms with Crippen LogP contribution < -0.4 is 0 Å². The predicted octanol–water partition coefficient (Wildman–Crippen LogP) is 2.60. The number of rotatable bonds is 2. The van der Waals surface area contributed by atoms with Gasteiger partial charge in [-0.05, 0) is 37.2 Å². The van der Waals surface area contributed by atoms with Crippen LogP contribution in [0.2, 0.25) is 0 Å². The zero-order chi connectivity index (χ0) is 10.8. The van der Waals surface area contributed by atoms with Crippen LogP contribution in [0.3, 0.4) is 0 Å². The van der Waals surface area contributed by atoms with E-state index in [1.165, 1.54) is 18.9 Å². The molecule has 0 aliphatic heterocycles. The highest BCUT2D eigenvalue weighted by atomic mass is 16.2. The first kappa shape index (κ1) is 11.3. The van der Waals surface area contributed by atoms with Crippen molar-refractivity contribution in [2.45, 2.75) is 45.6 Å². The number of carbonyl (C=O) groups excluding carboxylic acids is 1. The van der Waals surface area contributed by atoms with E-state index in [0.717, 1.165) is 12.8 Å². The maximum Gasteiger partial charge on any atom is 0.245 e. The lowest BCUT2D eigenvalue weighted by atomic mass is 9.75. The first-order valence-electron chi connectivity index (χ1n) is 5.35. The summed E-state index contributed by atoms with van der Waals surface area (Å²) in [6, 6.07) is 0.425. The maximum atomic E-state index is 11.4. The summed E-state index contributed by atoms with van der Waals surface area (Å²) < 4.78 is 0. The topological polar surface area (TPSA) is 20.3 Å². The first-order valence-corrected chi connectivity index (χ1v) is 5.35. The quantitative estimate of drug-likeness (QED) is 0.620. The number of likely N-dealkylation sites (N-methyl/N-ethyl adjacent to an activating group) is 1. The Kier molecular flexibility index (Phi) is 3.35. The molecule has 1 saturated carbocycles. The Balaban J connectivity index is 2.49. The zero-order valence-corrected chi connectivity index (χ0v) is 9.55. The molecule has 0 N–H and O–H groups in total. The predicted molar refractivity (Wildman–Crippen MR) is 59.0 cm³/mol. The standard InChI is InChI=1S/C12H21NO/c1-5-11(14)13(4)10-6-8-12(2,3)9-7-10/h5,10H,1,6-9H2,2-4H3. The van der Waals surface area contributed by atoms with Crippen molar-refractivity contribution in [1.82, 2.24) is 4.90 Å². The van der Waals surface area contributed by atoms with Crippen LogP contribution in [0.5, 0.6) is 0 Å². The Morgan fingerprint density at radius 2 is 1.93 bits per heavy atom. The van der Waals surface area contributed by atoms with Crippen LogP contribution in [0.15, 0.2) is 12.7 Å². The molecular weight excluding hydrogens is 174 g/mol. The molecule has 80 valence electrons. The minimum Gasteiger partial charge on any atom is -0.339 e. The molecule has 0 radical (unpaired) electrons. The Labute approximate surface area is 87.0 Å². The molecule has 1 fully saturated rings. The van der Waals surface area contributed by atoms with Crippen LogP contribution in [0.1, 0.15) is 39.5 Å². The van der Waals surface area contributed by atoms with Crippen molar-refractivity contribution in [1.29, 1.82) is 0 Å². The number of amides is 1. The van der Waals surface area contributed by atoms with Gasteiger partial charge in [-0.3, -0.25) is 4.79 Å². The summed E-state index contributed by atoms with van der Waals surface area (Å²) in [4.78, 5) is 13.2. The summed E-state index contributed by atoms with van der Waals surface area (Å²) in [7, 11) is 1.88. The third-order valence-corrected chi connectivity index (χ3v) is 3.38. The fraction of sp³-hybridized carbons (Fsp3) is 0.750. The fourth-order valence-electron chi connectivity index (χ4n) is 2.10. The molecule has 0 unspecified atom stereocenters. The van der Waals surface area contributed by atoms with Gasteiger partial charge in [0.25, 0.3) is 0 Å². The lowest BCUT2D eigenvalue weighted by Gasteiger charge is -2.38. The largest absolute Gasteiger partial charge is 0.339 e. The molecule has 0 heterocycles. The lowest BCUT2D eigenvalue weighted by Crippen LogP contribution is -2.40. The van der Waals surface area contributed by atoms with Gasteiger partial charge in [0, 0.05) is 13.1 Å². The molecule has 1 amide bonds. The number of nitrogens with zero attached hydrogens (tertiary/aromatic N) is 1. The van der Waals surface area contributed by atoms with E-state index in [1.807, 2.05) is 11.9 Å². The van der Waals surface area contributed by atoms with Gasteiger partial charge in [0.1, 0.15) is 0 Å². The van der Waals surface area contributed by atoms with Gasteiger partial charge < -0.3 is 4.90 Å². The molecule has 0 aromatic carbocycles. The summed E-state index contributed by atoms with van der Waals surface area (Å²) in [5.41, 5.74) is 0.467. The van der Waals surface area contributed by atoms with Gasteiger partial charge in [-0.2, -0.15) is 0 Å². The van der Waals surface area contributed by atoms with Gasteiger partial charge >= 0.3 is 0 Å². The number of carbonyl (C=O) groups is 1. The Morgan fingerprint density at radius 3 is 2.36 bits per heavy atom. The Bertz CT molecular complexity index is 222. The molecule has 0 spiro atoms. The van der Waals surface area contributed by atoms with Gasteiger partial charge in [0.15, 0.2) is 0 Å². The summed E-state index contributed by atoms with van der Waals surface area (Å²) >= 11 is 0. The van der Waals surface area contributed by atoms with Crippen LogP contribution in [-0.4, -0.2) is 23.9 Å². The van der Waals surface area contributed by atoms with Crippen LogP contribution in [0.4, 0.5) is 0 Å². The van der Waals surface area contributed by atoms with Gasteiger partial charge in [-0.25, -0.2) is 0 Å². The van der Waals surface area contributed by atoms with Crippen molar-refractivity contribution >= 4 is 5.91 Å². The maximum absolute atomic E-state index is 11.4. The monoisotopic (exact) mass is 195 g/mol. The van der Waals surface area contributed by atoms with Gasteiger partial charge in [0.05, 0.1) is 0 Å². The number of hydrogen-bond donors (Lipinski definition) is 0. The second kappa shape index (κ2) is 4.16. The molecule has 0 saturated heterocycles. The van der Waals surface area contributed by atoms with E-state index in [9.17, 15) is 4.79 Å². The highest BCUT2D eigenvalue weighted by Gasteiger charge is 2.29. The van der Waals surface area contributed by atoms with Gasteiger partial charge in [-0.1, -0.05) is 20.4 Å². The Morgan fingerprint density at radius 1 is 1.43 bits per heavy atom. The first-order chi connectivity index (χ1) is 6.46. The summed E-state index contributed by atoms with van der Waals surface area (Å²) in [6.45, 7) is 8.12. The molecule has 0 aromatic rings. The van der Waals surface area contributed by atoms with Crippen molar-refractivity contribution in [2.75, 3.05) is 7.05 Å². The highest BCUT2D eigenvalue weighted by molar-refractivity contribution is 5.87. The molecule has 2 nitrogen and oxygen atoms in total. The van der Waals surface area contributed by atoms with E-state index in [2.05, 4.69) is 20.4 Å². The van der Waals surface area contributed by atoms with E-state index in [0.29, 0.717) is 11.5 Å². The minimum atomic E-state index is 0.0507. The van der Waals surface area contributed by atoms with E-state index in [1.54, 1.807) is 0 Å². The lowest BCUT2D eigenvalue weighted by molar-refractivity contribution is -0.127. The van der Waals surface area contributed by atoms with Crippen molar-refractivity contribution in [3.05, 3.63) is 12.7 Å². The van der Waals surface area contributed by atoms with E-state index in [4.69, 9.17) is 0 Å². The van der Waals surface area contributed by atoms with Gasteiger partial charge in [-0.15, -0.1) is 0 Å². The van der Waals surface area contributed by atoms with Crippen LogP contribution in [0, 0.1) is 5.41 Å². The third kappa shape index (κ3) is 2.60. The summed E-state index contributed by atoms with van der Waals surface area (Å²) in [5, 5.41) is 0. The van der Waals surface area contributed by atoms with Crippen LogP contribution in [-0.2, 0) is 4.79 Å². The SMILES string of the molecule is C=CC(=O)N(C)C1CCC(C)(C)CC1. The van der Waals surface area contributed by atoms with Crippen LogP contribution in [0.25, 0.3) is 0 Å². The van der Waals surface area contributed by atoms with Crippen molar-refractivity contribution < 1.29 is 4.79 Å². The third-order valence-electron chi connectivity index (χ3n) is 3.38. The molecule has 1 aliphatic carbocycles. The van der Waals surface area contributed by atoms with Crippen molar-refractivity contribution in [2.24, 2.45) is 5.41 Å². The molecule has 0 aromatic heterocycles. The smallest absolute Gasteiger partial charge is 0.245 e. The fourth-order valence-corrected chi connectivity index (χ4v) is 2.10. The van der Waals surface area contributed by atoms with E-state index < -0.39 is 0 Å². The molecule has 0 bridgehead atoms. The average Bonchev–Trinajstić information content (AvgIpc) is 2.15. The van der Waals surface area contributed by atoms with E-state index in [-0.39, 0.29) is 5.91 Å². The number of hydrogen-bond acceptors (Lipinski definition) is 1. The molecular formula is C12H21NO. The average molecular weight is 195 g/mol. The molecule has 2 heteroatoms. The molecule has 0 atom stereocenters. The second-order valence-electron chi connectivity index (χ2n) is 5.05. The van der Waals surface area contributed by atoms with E-state index >= 15 is 0 Å². The molecule has 14 heavy (non-hydrogen) atoms. The minimum absolute atomic E-state index is 0.0507. The Hall–Kier alpha value is -0.790. The molecule has 1 rings (SSSR count). The second-order valence-corrected chi connectivity index (χ2v) is 5.05. The van der Waals surface area contributed by atoms with Crippen LogP contribution >= 0.6 is 0 Å². The summed E-state index contributed by atoms with van der Waals surface area (Å²) in [6.07, 6.45) is 6.09. The van der Waals surface area contributed by atoms with Crippen molar-refractivity contribution in [3.8, 4) is 0 Å². The molecule has 1 aliphatic rings. The highest BCUT2D eigenvalue weighted by Crippen LogP contribution is 2.36. The summed E-state index contributed by atoms with van der Waals surface area (Å²) in [5.74, 6) is 0.0507.